The second-order valence-electron chi connectivity index (χ2n) is 9.13. The first-order valence-corrected chi connectivity index (χ1v) is 13.4. The van der Waals surface area contributed by atoms with Crippen molar-refractivity contribution in [3.63, 3.8) is 0 Å². The highest BCUT2D eigenvalue weighted by Gasteiger charge is 2.03. The lowest BCUT2D eigenvalue weighted by Gasteiger charge is -2.07. The van der Waals surface area contributed by atoms with Gasteiger partial charge >= 0.3 is 0 Å². The molecule has 3 heteroatoms. The highest BCUT2D eigenvalue weighted by atomic mass is 16.5. The van der Waals surface area contributed by atoms with Gasteiger partial charge in [-0.3, -0.25) is 0 Å². The number of rotatable bonds is 19. The van der Waals surface area contributed by atoms with Crippen LogP contribution in [0.1, 0.15) is 116 Å². The molecule has 0 fully saturated rings. The Morgan fingerprint density at radius 1 is 0.562 bits per heavy atom. The van der Waals surface area contributed by atoms with Crippen LogP contribution >= 0.6 is 0 Å². The Balaban J connectivity index is 1.60. The standard InChI is InChI=1S/C29H46N2O/c1-3-5-7-9-11-12-13-14-16-18-27-21-24-29(31-30-27)26-19-22-28(23-20-26)32-25-17-15-10-8-6-4-2/h19-24H,3-18,25H2,1-2H3. The van der Waals surface area contributed by atoms with E-state index in [1.807, 2.05) is 12.1 Å². The summed E-state index contributed by atoms with van der Waals surface area (Å²) in [5.74, 6) is 0.942. The minimum Gasteiger partial charge on any atom is -0.494 e. The van der Waals surface area contributed by atoms with Crippen LogP contribution in [-0.2, 0) is 6.42 Å². The van der Waals surface area contributed by atoms with Crippen molar-refractivity contribution in [1.82, 2.24) is 10.2 Å². The summed E-state index contributed by atoms with van der Waals surface area (Å²) in [6.07, 6.45) is 21.0. The second kappa shape index (κ2) is 17.6. The van der Waals surface area contributed by atoms with Crippen molar-refractivity contribution in [3.8, 4) is 17.0 Å². The van der Waals surface area contributed by atoms with Crippen molar-refractivity contribution >= 4 is 0 Å². The number of hydrogen-bond acceptors (Lipinski definition) is 3. The highest BCUT2D eigenvalue weighted by molar-refractivity contribution is 5.59. The first kappa shape index (κ1) is 26.4. The molecule has 0 aliphatic carbocycles. The van der Waals surface area contributed by atoms with Gasteiger partial charge in [0.2, 0.25) is 0 Å². The first-order valence-electron chi connectivity index (χ1n) is 13.4. The molecule has 3 nitrogen and oxygen atoms in total. The van der Waals surface area contributed by atoms with Gasteiger partial charge in [-0.15, -0.1) is 0 Å². The maximum Gasteiger partial charge on any atom is 0.119 e. The number of aromatic nitrogens is 2. The quantitative estimate of drug-likeness (QED) is 0.205. The third kappa shape index (κ3) is 11.6. The summed E-state index contributed by atoms with van der Waals surface area (Å²) >= 11 is 0. The van der Waals surface area contributed by atoms with Crippen molar-refractivity contribution in [2.75, 3.05) is 6.61 Å². The van der Waals surface area contributed by atoms with Crippen LogP contribution < -0.4 is 4.74 Å². The largest absolute Gasteiger partial charge is 0.494 e. The molecule has 2 aromatic rings. The molecule has 0 amide bonds. The van der Waals surface area contributed by atoms with E-state index in [-0.39, 0.29) is 0 Å². The third-order valence-corrected chi connectivity index (χ3v) is 6.17. The lowest BCUT2D eigenvalue weighted by atomic mass is 10.1. The van der Waals surface area contributed by atoms with Gasteiger partial charge in [-0.2, -0.15) is 10.2 Å². The van der Waals surface area contributed by atoms with Gasteiger partial charge in [0, 0.05) is 5.56 Å². The third-order valence-electron chi connectivity index (χ3n) is 6.17. The molecule has 0 atom stereocenters. The van der Waals surface area contributed by atoms with Crippen molar-refractivity contribution < 1.29 is 4.74 Å². The van der Waals surface area contributed by atoms with Crippen molar-refractivity contribution in [1.29, 1.82) is 0 Å². The molecule has 0 radical (unpaired) electrons. The molecular weight excluding hydrogens is 392 g/mol. The maximum absolute atomic E-state index is 5.88. The second-order valence-corrected chi connectivity index (χ2v) is 9.13. The van der Waals surface area contributed by atoms with Gasteiger partial charge in [-0.05, 0) is 55.7 Å². The number of aryl methyl sites for hydroxylation is 1. The zero-order valence-electron chi connectivity index (χ0n) is 20.8. The van der Waals surface area contributed by atoms with Gasteiger partial charge in [-0.1, -0.05) is 97.3 Å². The van der Waals surface area contributed by atoms with Crippen LogP contribution in [0.4, 0.5) is 0 Å². The molecule has 0 aliphatic rings. The van der Waals surface area contributed by atoms with E-state index in [0.717, 1.165) is 42.1 Å². The van der Waals surface area contributed by atoms with E-state index in [1.54, 1.807) is 0 Å². The molecule has 1 aromatic carbocycles. The minimum atomic E-state index is 0.804. The SMILES string of the molecule is CCCCCCCCCCCc1ccc(-c2ccc(OCCCCCCCC)cc2)nn1. The topological polar surface area (TPSA) is 35.0 Å². The lowest BCUT2D eigenvalue weighted by Crippen LogP contribution is -1.98. The zero-order chi connectivity index (χ0) is 22.7. The molecule has 1 heterocycles. The summed E-state index contributed by atoms with van der Waals surface area (Å²) in [6, 6.07) is 12.5. The molecule has 0 aliphatic heterocycles. The summed E-state index contributed by atoms with van der Waals surface area (Å²) in [5.41, 5.74) is 3.14. The van der Waals surface area contributed by atoms with E-state index in [2.05, 4.69) is 48.3 Å². The van der Waals surface area contributed by atoms with Crippen molar-refractivity contribution in [3.05, 3.63) is 42.1 Å². The fraction of sp³-hybridized carbons (Fsp3) is 0.655. The van der Waals surface area contributed by atoms with E-state index in [9.17, 15) is 0 Å². The van der Waals surface area contributed by atoms with Crippen LogP contribution in [0.25, 0.3) is 11.3 Å². The average Bonchev–Trinajstić information content (AvgIpc) is 2.83. The molecule has 0 unspecified atom stereocenters. The smallest absolute Gasteiger partial charge is 0.119 e. The molecule has 1 aromatic heterocycles. The molecular formula is C29H46N2O. The van der Waals surface area contributed by atoms with E-state index in [4.69, 9.17) is 4.74 Å². The summed E-state index contributed by atoms with van der Waals surface area (Å²) in [5, 5.41) is 8.91. The van der Waals surface area contributed by atoms with E-state index < -0.39 is 0 Å². The Labute approximate surface area is 197 Å². The fourth-order valence-electron chi connectivity index (χ4n) is 4.06. The molecule has 0 bridgehead atoms. The molecule has 2 rings (SSSR count). The lowest BCUT2D eigenvalue weighted by molar-refractivity contribution is 0.304. The Morgan fingerprint density at radius 3 is 1.69 bits per heavy atom. The summed E-state index contributed by atoms with van der Waals surface area (Å²) in [4.78, 5) is 0. The summed E-state index contributed by atoms with van der Waals surface area (Å²) in [6.45, 7) is 5.34. The summed E-state index contributed by atoms with van der Waals surface area (Å²) in [7, 11) is 0. The predicted octanol–water partition coefficient (Wildman–Crippen LogP) is 8.96. The van der Waals surface area contributed by atoms with Crippen LogP contribution in [0, 0.1) is 0 Å². The monoisotopic (exact) mass is 438 g/mol. The van der Waals surface area contributed by atoms with E-state index >= 15 is 0 Å². The van der Waals surface area contributed by atoms with Gasteiger partial charge in [-0.25, -0.2) is 0 Å². The predicted molar refractivity (Wildman–Crippen MR) is 137 cm³/mol. The number of nitrogens with zero attached hydrogens (tertiary/aromatic N) is 2. The molecule has 178 valence electrons. The van der Waals surface area contributed by atoms with Crippen molar-refractivity contribution in [2.24, 2.45) is 0 Å². The number of ether oxygens (including phenoxy) is 1. The number of unbranched alkanes of at least 4 members (excludes halogenated alkanes) is 13. The van der Waals surface area contributed by atoms with Gasteiger partial charge < -0.3 is 4.74 Å². The molecule has 0 saturated carbocycles. The van der Waals surface area contributed by atoms with Crippen LogP contribution in [0.2, 0.25) is 0 Å². The van der Waals surface area contributed by atoms with Gasteiger partial charge in [0.15, 0.2) is 0 Å². The van der Waals surface area contributed by atoms with Crippen LogP contribution in [0.15, 0.2) is 36.4 Å². The molecule has 0 saturated heterocycles. The Morgan fingerprint density at radius 2 is 1.12 bits per heavy atom. The Kier molecular flexibility index (Phi) is 14.5. The fourth-order valence-corrected chi connectivity index (χ4v) is 4.06. The zero-order valence-corrected chi connectivity index (χ0v) is 20.8. The van der Waals surface area contributed by atoms with Crippen LogP contribution in [0.3, 0.4) is 0 Å². The summed E-state index contributed by atoms with van der Waals surface area (Å²) < 4.78 is 5.88. The van der Waals surface area contributed by atoms with Crippen LogP contribution in [0.5, 0.6) is 5.75 Å². The Bertz CT molecular complexity index is 681. The molecule has 0 spiro atoms. The van der Waals surface area contributed by atoms with Crippen LogP contribution in [-0.4, -0.2) is 16.8 Å². The molecule has 32 heavy (non-hydrogen) atoms. The van der Waals surface area contributed by atoms with Gasteiger partial charge in [0.25, 0.3) is 0 Å². The van der Waals surface area contributed by atoms with Gasteiger partial charge in [0.05, 0.1) is 18.0 Å². The minimum absolute atomic E-state index is 0.804. The number of benzene rings is 1. The average molecular weight is 439 g/mol. The van der Waals surface area contributed by atoms with E-state index in [1.165, 1.54) is 89.9 Å². The maximum atomic E-state index is 5.88. The first-order chi connectivity index (χ1) is 15.8. The van der Waals surface area contributed by atoms with Gasteiger partial charge in [0.1, 0.15) is 5.75 Å². The normalized spacial score (nSPS) is 11.1. The number of hydrogen-bond donors (Lipinski definition) is 0. The van der Waals surface area contributed by atoms with Crippen molar-refractivity contribution in [2.45, 2.75) is 117 Å². The molecule has 0 N–H and O–H groups in total. The highest BCUT2D eigenvalue weighted by Crippen LogP contribution is 2.21. The Hall–Kier alpha value is -1.90. The van der Waals surface area contributed by atoms with E-state index in [0.29, 0.717) is 0 Å².